The molecule has 0 aliphatic heterocycles. The zero-order valence-corrected chi connectivity index (χ0v) is 14.1. The summed E-state index contributed by atoms with van der Waals surface area (Å²) in [6.45, 7) is 0. The van der Waals surface area contributed by atoms with Crippen molar-refractivity contribution in [2.75, 3.05) is 11.9 Å². The summed E-state index contributed by atoms with van der Waals surface area (Å²) >= 11 is 6.31. The molecular formula is C18H18ClN3O2. The molecule has 0 spiro atoms. The summed E-state index contributed by atoms with van der Waals surface area (Å²) in [4.78, 5) is 22.2. The minimum absolute atomic E-state index is 0.0904. The normalized spacial score (nSPS) is 22.2. The van der Waals surface area contributed by atoms with Crippen molar-refractivity contribution in [2.24, 2.45) is 0 Å². The molecule has 2 atom stereocenters. The molecular weight excluding hydrogens is 326 g/mol. The van der Waals surface area contributed by atoms with E-state index in [4.69, 9.17) is 11.6 Å². The number of carboxylic acids is 1. The molecule has 0 amide bonds. The number of aromatic nitrogens is 2. The van der Waals surface area contributed by atoms with Crippen LogP contribution in [0.2, 0.25) is 5.02 Å². The summed E-state index contributed by atoms with van der Waals surface area (Å²) in [5, 5.41) is 9.52. The van der Waals surface area contributed by atoms with E-state index in [0.29, 0.717) is 17.6 Å². The van der Waals surface area contributed by atoms with E-state index in [-0.39, 0.29) is 22.7 Å². The molecule has 124 valence electrons. The third-order valence-corrected chi connectivity index (χ3v) is 5.16. The van der Waals surface area contributed by atoms with Crippen LogP contribution in [-0.4, -0.2) is 34.1 Å². The van der Waals surface area contributed by atoms with Crippen LogP contribution in [0.4, 0.5) is 5.82 Å². The fourth-order valence-electron chi connectivity index (χ4n) is 3.18. The minimum atomic E-state index is -1.10. The molecule has 2 saturated carbocycles. The number of carbonyl (C=O) groups is 1. The molecule has 24 heavy (non-hydrogen) atoms. The Morgan fingerprint density at radius 1 is 1.25 bits per heavy atom. The van der Waals surface area contributed by atoms with Crippen LogP contribution in [0.5, 0.6) is 0 Å². The first-order chi connectivity index (χ1) is 11.6. The van der Waals surface area contributed by atoms with Gasteiger partial charge in [-0.3, -0.25) is 0 Å². The first-order valence-corrected chi connectivity index (χ1v) is 8.52. The van der Waals surface area contributed by atoms with E-state index in [0.717, 1.165) is 19.3 Å². The number of hydrogen-bond acceptors (Lipinski definition) is 4. The van der Waals surface area contributed by atoms with Crippen LogP contribution >= 0.6 is 11.6 Å². The number of likely N-dealkylation sites (N-methyl/N-ethyl adjacent to an activating group) is 1. The number of rotatable bonds is 5. The fourth-order valence-corrected chi connectivity index (χ4v) is 3.48. The summed E-state index contributed by atoms with van der Waals surface area (Å²) in [7, 11) is 1.93. The Bertz CT molecular complexity index is 792. The molecule has 2 aliphatic carbocycles. The minimum Gasteiger partial charge on any atom is -0.476 e. The van der Waals surface area contributed by atoms with Crippen molar-refractivity contribution in [3.8, 4) is 0 Å². The van der Waals surface area contributed by atoms with Gasteiger partial charge < -0.3 is 10.0 Å². The molecule has 1 aromatic carbocycles. The number of aromatic carboxylic acids is 1. The summed E-state index contributed by atoms with van der Waals surface area (Å²) in [6, 6.07) is 10.6. The van der Waals surface area contributed by atoms with Crippen molar-refractivity contribution < 1.29 is 9.90 Å². The predicted octanol–water partition coefficient (Wildman–Crippen LogP) is 3.70. The zero-order valence-electron chi connectivity index (χ0n) is 13.3. The molecule has 2 aliphatic rings. The van der Waals surface area contributed by atoms with E-state index in [1.165, 1.54) is 5.56 Å². The van der Waals surface area contributed by atoms with Gasteiger partial charge in [0.05, 0.1) is 0 Å². The molecule has 2 fully saturated rings. The summed E-state index contributed by atoms with van der Waals surface area (Å²) in [6.07, 6.45) is 3.04. The number of halogens is 1. The van der Waals surface area contributed by atoms with Gasteiger partial charge in [-0.05, 0) is 24.8 Å². The summed E-state index contributed by atoms with van der Waals surface area (Å²) in [5.74, 6) is 0.746. The third kappa shape index (κ3) is 2.73. The van der Waals surface area contributed by atoms with Crippen LogP contribution in [0.15, 0.2) is 30.3 Å². The van der Waals surface area contributed by atoms with Crippen LogP contribution in [0, 0.1) is 0 Å². The molecule has 2 unspecified atom stereocenters. The van der Waals surface area contributed by atoms with Gasteiger partial charge in [-0.2, -0.15) is 0 Å². The Balaban J connectivity index is 1.65. The quantitative estimate of drug-likeness (QED) is 0.896. The van der Waals surface area contributed by atoms with Crippen LogP contribution in [-0.2, 0) is 0 Å². The standard InChI is InChI=1S/C18H18ClN3O2/c1-22(13-9-12(13)10-5-3-2-4-6-10)17-14(19)15(18(23)24)20-16(21-17)11-7-8-11/h2-6,11-13H,7-9H2,1H3,(H,23,24). The van der Waals surface area contributed by atoms with Gasteiger partial charge in [-0.1, -0.05) is 41.9 Å². The lowest BCUT2D eigenvalue weighted by molar-refractivity contribution is 0.0690. The average Bonchev–Trinajstić information content (AvgIpc) is 3.48. The number of nitrogens with zero attached hydrogens (tertiary/aromatic N) is 3. The van der Waals surface area contributed by atoms with Gasteiger partial charge in [0.25, 0.3) is 0 Å². The van der Waals surface area contributed by atoms with Crippen molar-refractivity contribution in [3.05, 3.63) is 52.4 Å². The molecule has 6 heteroatoms. The number of hydrogen-bond donors (Lipinski definition) is 1. The summed E-state index contributed by atoms with van der Waals surface area (Å²) < 4.78 is 0. The van der Waals surface area contributed by atoms with Crippen molar-refractivity contribution in [1.29, 1.82) is 0 Å². The lowest BCUT2D eigenvalue weighted by atomic mass is 10.1. The highest BCUT2D eigenvalue weighted by molar-refractivity contribution is 6.35. The predicted molar refractivity (Wildman–Crippen MR) is 92.0 cm³/mol. The van der Waals surface area contributed by atoms with Gasteiger partial charge in [0.1, 0.15) is 10.8 Å². The Morgan fingerprint density at radius 2 is 1.96 bits per heavy atom. The van der Waals surface area contributed by atoms with E-state index < -0.39 is 5.97 Å². The average molecular weight is 344 g/mol. The monoisotopic (exact) mass is 343 g/mol. The first kappa shape index (κ1) is 15.4. The van der Waals surface area contributed by atoms with Crippen molar-refractivity contribution >= 4 is 23.4 Å². The highest BCUT2D eigenvalue weighted by atomic mass is 35.5. The van der Waals surface area contributed by atoms with Crippen molar-refractivity contribution in [1.82, 2.24) is 9.97 Å². The van der Waals surface area contributed by atoms with E-state index in [1.807, 2.05) is 30.1 Å². The van der Waals surface area contributed by atoms with Gasteiger partial charge in [-0.25, -0.2) is 14.8 Å². The maximum Gasteiger partial charge on any atom is 0.356 e. The largest absolute Gasteiger partial charge is 0.476 e. The topological polar surface area (TPSA) is 66.3 Å². The molecule has 4 rings (SSSR count). The van der Waals surface area contributed by atoms with Gasteiger partial charge >= 0.3 is 5.97 Å². The molecule has 0 radical (unpaired) electrons. The van der Waals surface area contributed by atoms with Crippen LogP contribution < -0.4 is 4.90 Å². The van der Waals surface area contributed by atoms with E-state index in [2.05, 4.69) is 22.1 Å². The maximum atomic E-state index is 11.5. The van der Waals surface area contributed by atoms with Gasteiger partial charge in [-0.15, -0.1) is 0 Å². The molecule has 0 saturated heterocycles. The second kappa shape index (κ2) is 5.74. The van der Waals surface area contributed by atoms with Gasteiger partial charge in [0, 0.05) is 24.9 Å². The van der Waals surface area contributed by atoms with E-state index in [9.17, 15) is 9.90 Å². The second-order valence-electron chi connectivity index (χ2n) is 6.58. The highest BCUT2D eigenvalue weighted by Gasteiger charge is 2.43. The Morgan fingerprint density at radius 3 is 2.58 bits per heavy atom. The summed E-state index contributed by atoms with van der Waals surface area (Å²) in [5.41, 5.74) is 1.20. The molecule has 1 N–H and O–H groups in total. The van der Waals surface area contributed by atoms with E-state index in [1.54, 1.807) is 0 Å². The smallest absolute Gasteiger partial charge is 0.356 e. The molecule has 5 nitrogen and oxygen atoms in total. The Labute approximate surface area is 145 Å². The van der Waals surface area contributed by atoms with Crippen molar-refractivity contribution in [2.45, 2.75) is 37.1 Å². The van der Waals surface area contributed by atoms with Gasteiger partial charge in [0.15, 0.2) is 11.5 Å². The lowest BCUT2D eigenvalue weighted by Crippen LogP contribution is -2.24. The van der Waals surface area contributed by atoms with Gasteiger partial charge in [0.2, 0.25) is 0 Å². The second-order valence-corrected chi connectivity index (χ2v) is 6.96. The Hall–Kier alpha value is -2.14. The van der Waals surface area contributed by atoms with Crippen LogP contribution in [0.1, 0.15) is 53.0 Å². The first-order valence-electron chi connectivity index (χ1n) is 8.14. The Kier molecular flexibility index (Phi) is 3.68. The molecule has 1 heterocycles. The number of benzene rings is 1. The fraction of sp³-hybridized carbons (Fsp3) is 0.389. The van der Waals surface area contributed by atoms with E-state index >= 15 is 0 Å². The SMILES string of the molecule is CN(c1nc(C2CC2)nc(C(=O)O)c1Cl)C1CC1c1ccccc1. The maximum absolute atomic E-state index is 11.5. The molecule has 1 aromatic heterocycles. The zero-order chi connectivity index (χ0) is 16.8. The van der Waals surface area contributed by atoms with Crippen LogP contribution in [0.25, 0.3) is 0 Å². The molecule has 2 aromatic rings. The van der Waals surface area contributed by atoms with Crippen LogP contribution in [0.3, 0.4) is 0 Å². The third-order valence-electron chi connectivity index (χ3n) is 4.81. The number of carboxylic acid groups (broad SMARTS) is 1. The lowest BCUT2D eigenvalue weighted by Gasteiger charge is -2.21. The van der Waals surface area contributed by atoms with Crippen molar-refractivity contribution in [3.63, 3.8) is 0 Å². The number of anilines is 1. The molecule has 0 bridgehead atoms. The highest BCUT2D eigenvalue weighted by Crippen LogP contribution is 2.47.